The molecule has 0 radical (unpaired) electrons. The van der Waals surface area contributed by atoms with Crippen LogP contribution in [-0.2, 0) is 13.1 Å². The van der Waals surface area contributed by atoms with Gasteiger partial charge in [-0.3, -0.25) is 0 Å². The molecule has 0 aliphatic rings. The van der Waals surface area contributed by atoms with E-state index < -0.39 is 0 Å². The highest BCUT2D eigenvalue weighted by molar-refractivity contribution is 5.80. The Morgan fingerprint density at radius 2 is 2.41 bits per heavy atom. The van der Waals surface area contributed by atoms with Crippen LogP contribution in [0.4, 0.5) is 0 Å². The van der Waals surface area contributed by atoms with Crippen molar-refractivity contribution >= 4 is 11.0 Å². The van der Waals surface area contributed by atoms with E-state index in [0.29, 0.717) is 6.54 Å². The van der Waals surface area contributed by atoms with Crippen molar-refractivity contribution in [2.75, 3.05) is 6.54 Å². The summed E-state index contributed by atoms with van der Waals surface area (Å²) in [7, 11) is 0. The maximum atomic E-state index is 8.79. The number of nitrogens with one attached hydrogen (secondary N) is 1. The number of hydrogen-bond acceptors (Lipinski definition) is 3. The van der Waals surface area contributed by atoms with Crippen LogP contribution in [0.1, 0.15) is 18.9 Å². The third-order valence-electron chi connectivity index (χ3n) is 2.70. The lowest BCUT2D eigenvalue weighted by molar-refractivity contribution is 0.675. The summed E-state index contributed by atoms with van der Waals surface area (Å²) in [6.07, 6.45) is 4.90. The molecule has 1 N–H and O–H groups in total. The van der Waals surface area contributed by atoms with Crippen molar-refractivity contribution in [2.24, 2.45) is 0 Å². The summed E-state index contributed by atoms with van der Waals surface area (Å²) in [6.45, 7) is 4.33. The SMILES string of the molecule is CCCNCc1cn(CC#N)c2ncccc12. The zero-order valence-corrected chi connectivity index (χ0v) is 9.98. The lowest BCUT2D eigenvalue weighted by Gasteiger charge is -2.00. The normalized spacial score (nSPS) is 10.6. The first-order chi connectivity index (χ1) is 8.36. The zero-order valence-electron chi connectivity index (χ0n) is 9.98. The van der Waals surface area contributed by atoms with Crippen LogP contribution in [0, 0.1) is 11.3 Å². The summed E-state index contributed by atoms with van der Waals surface area (Å²) in [5.74, 6) is 0. The molecule has 0 aliphatic carbocycles. The Labute approximate surface area is 101 Å². The van der Waals surface area contributed by atoms with Gasteiger partial charge in [0.25, 0.3) is 0 Å². The molecule has 2 rings (SSSR count). The Bertz CT molecular complexity index is 536. The third-order valence-corrected chi connectivity index (χ3v) is 2.70. The smallest absolute Gasteiger partial charge is 0.141 e. The van der Waals surface area contributed by atoms with Crippen molar-refractivity contribution in [1.82, 2.24) is 14.9 Å². The molecule has 2 aromatic rings. The van der Waals surface area contributed by atoms with Gasteiger partial charge in [0.1, 0.15) is 12.2 Å². The van der Waals surface area contributed by atoms with Gasteiger partial charge in [0.15, 0.2) is 0 Å². The van der Waals surface area contributed by atoms with E-state index in [-0.39, 0.29) is 0 Å². The first-order valence-corrected chi connectivity index (χ1v) is 5.87. The molecule has 0 unspecified atom stereocenters. The number of fused-ring (bicyclic) bond motifs is 1. The topological polar surface area (TPSA) is 53.6 Å². The van der Waals surface area contributed by atoms with Crippen LogP contribution < -0.4 is 5.32 Å². The van der Waals surface area contributed by atoms with Gasteiger partial charge in [0.2, 0.25) is 0 Å². The summed E-state index contributed by atoms with van der Waals surface area (Å²) in [4.78, 5) is 4.33. The van der Waals surface area contributed by atoms with Crippen LogP contribution in [-0.4, -0.2) is 16.1 Å². The second kappa shape index (κ2) is 5.46. The lowest BCUT2D eigenvalue weighted by Crippen LogP contribution is -2.13. The van der Waals surface area contributed by atoms with Gasteiger partial charge in [0.05, 0.1) is 6.07 Å². The Morgan fingerprint density at radius 3 is 3.18 bits per heavy atom. The summed E-state index contributed by atoms with van der Waals surface area (Å²) >= 11 is 0. The Kier molecular flexibility index (Phi) is 3.73. The maximum absolute atomic E-state index is 8.79. The van der Waals surface area contributed by atoms with Crippen LogP contribution in [0.2, 0.25) is 0 Å². The van der Waals surface area contributed by atoms with Gasteiger partial charge < -0.3 is 9.88 Å². The van der Waals surface area contributed by atoms with Gasteiger partial charge >= 0.3 is 0 Å². The minimum absolute atomic E-state index is 0.349. The Balaban J connectivity index is 2.32. The second-order valence-corrected chi connectivity index (χ2v) is 3.99. The fraction of sp³-hybridized carbons (Fsp3) is 0.385. The van der Waals surface area contributed by atoms with Crippen molar-refractivity contribution in [2.45, 2.75) is 26.4 Å². The van der Waals surface area contributed by atoms with Crippen LogP contribution in [0.5, 0.6) is 0 Å². The predicted molar refractivity (Wildman–Crippen MR) is 67.3 cm³/mol. The molecule has 4 nitrogen and oxygen atoms in total. The molecule has 4 heteroatoms. The fourth-order valence-electron chi connectivity index (χ4n) is 1.93. The highest BCUT2D eigenvalue weighted by Crippen LogP contribution is 2.18. The van der Waals surface area contributed by atoms with Crippen LogP contribution in [0.15, 0.2) is 24.5 Å². The van der Waals surface area contributed by atoms with E-state index in [1.54, 1.807) is 6.20 Å². The fourth-order valence-corrected chi connectivity index (χ4v) is 1.93. The highest BCUT2D eigenvalue weighted by atomic mass is 15.0. The van der Waals surface area contributed by atoms with E-state index in [0.717, 1.165) is 30.5 Å². The molecule has 0 bridgehead atoms. The molecule has 2 heterocycles. The number of nitrogens with zero attached hydrogens (tertiary/aromatic N) is 3. The molecule has 0 amide bonds. The van der Waals surface area contributed by atoms with Crippen LogP contribution in [0.25, 0.3) is 11.0 Å². The first-order valence-electron chi connectivity index (χ1n) is 5.87. The van der Waals surface area contributed by atoms with E-state index >= 15 is 0 Å². The molecule has 0 fully saturated rings. The summed E-state index contributed by atoms with van der Waals surface area (Å²) < 4.78 is 1.90. The van der Waals surface area contributed by atoms with Crippen molar-refractivity contribution < 1.29 is 0 Å². The van der Waals surface area contributed by atoms with Gasteiger partial charge in [-0.1, -0.05) is 6.92 Å². The van der Waals surface area contributed by atoms with Crippen molar-refractivity contribution in [1.29, 1.82) is 5.26 Å². The molecule has 0 aliphatic heterocycles. The number of nitriles is 1. The maximum Gasteiger partial charge on any atom is 0.141 e. The highest BCUT2D eigenvalue weighted by Gasteiger charge is 2.08. The molecule has 88 valence electrons. The molecule has 0 aromatic carbocycles. The van der Waals surface area contributed by atoms with Crippen molar-refractivity contribution in [3.05, 3.63) is 30.1 Å². The largest absolute Gasteiger partial charge is 0.318 e. The third kappa shape index (κ3) is 2.45. The first kappa shape index (κ1) is 11.6. The van der Waals surface area contributed by atoms with Crippen molar-refractivity contribution in [3.8, 4) is 6.07 Å². The Hall–Kier alpha value is -1.86. The number of aromatic nitrogens is 2. The van der Waals surface area contributed by atoms with Crippen LogP contribution in [0.3, 0.4) is 0 Å². The van der Waals surface area contributed by atoms with Crippen molar-refractivity contribution in [3.63, 3.8) is 0 Å². The van der Waals surface area contributed by atoms with Gasteiger partial charge in [0, 0.05) is 24.3 Å². The summed E-state index contributed by atoms with van der Waals surface area (Å²) in [6, 6.07) is 6.15. The number of hydrogen-bond donors (Lipinski definition) is 1. The molecule has 0 atom stereocenters. The molecular weight excluding hydrogens is 212 g/mol. The zero-order chi connectivity index (χ0) is 12.1. The van der Waals surface area contributed by atoms with Gasteiger partial charge in [-0.2, -0.15) is 5.26 Å². The van der Waals surface area contributed by atoms with E-state index in [1.165, 1.54) is 5.56 Å². The quantitative estimate of drug-likeness (QED) is 0.797. The predicted octanol–water partition coefficient (Wildman–Crippen LogP) is 2.06. The molecular formula is C13H16N4. The monoisotopic (exact) mass is 228 g/mol. The van der Waals surface area contributed by atoms with Gasteiger partial charge in [-0.25, -0.2) is 4.98 Å². The molecule has 0 saturated carbocycles. The standard InChI is InChI=1S/C13H16N4/c1-2-6-15-9-11-10-17(8-5-14)13-12(11)4-3-7-16-13/h3-4,7,10,15H,2,6,8-9H2,1H3. The van der Waals surface area contributed by atoms with Crippen LogP contribution >= 0.6 is 0 Å². The summed E-state index contributed by atoms with van der Waals surface area (Å²) in [5.41, 5.74) is 2.10. The van der Waals surface area contributed by atoms with Gasteiger partial charge in [-0.05, 0) is 30.7 Å². The molecule has 0 saturated heterocycles. The minimum atomic E-state index is 0.349. The molecule has 17 heavy (non-hydrogen) atoms. The second-order valence-electron chi connectivity index (χ2n) is 3.99. The average Bonchev–Trinajstić information content (AvgIpc) is 2.70. The Morgan fingerprint density at radius 1 is 1.53 bits per heavy atom. The van der Waals surface area contributed by atoms with Gasteiger partial charge in [-0.15, -0.1) is 0 Å². The van der Waals surface area contributed by atoms with E-state index in [9.17, 15) is 0 Å². The average molecular weight is 228 g/mol. The van der Waals surface area contributed by atoms with E-state index in [1.807, 2.05) is 16.8 Å². The molecule has 0 spiro atoms. The minimum Gasteiger partial charge on any atom is -0.318 e. The molecule has 2 aromatic heterocycles. The number of rotatable bonds is 5. The number of pyridine rings is 1. The van der Waals surface area contributed by atoms with E-state index in [2.05, 4.69) is 29.4 Å². The van der Waals surface area contributed by atoms with E-state index in [4.69, 9.17) is 5.26 Å². The lowest BCUT2D eigenvalue weighted by atomic mass is 10.2. The summed E-state index contributed by atoms with van der Waals surface area (Å²) in [5, 5.41) is 13.3.